The zero-order valence-corrected chi connectivity index (χ0v) is 14.3. The summed E-state index contributed by atoms with van der Waals surface area (Å²) in [6, 6.07) is 7.21. The summed E-state index contributed by atoms with van der Waals surface area (Å²) in [5.74, 6) is -0.421. The van der Waals surface area contributed by atoms with Gasteiger partial charge in [0.05, 0.1) is 0 Å². The van der Waals surface area contributed by atoms with E-state index in [0.29, 0.717) is 17.7 Å². The van der Waals surface area contributed by atoms with E-state index in [-0.39, 0.29) is 0 Å². The van der Waals surface area contributed by atoms with Crippen LogP contribution in [0.4, 0.5) is 26.3 Å². The van der Waals surface area contributed by atoms with Gasteiger partial charge in [0.15, 0.2) is 0 Å². The zero-order chi connectivity index (χ0) is 20.0. The van der Waals surface area contributed by atoms with Crippen LogP contribution in [0.15, 0.2) is 48.5 Å². The van der Waals surface area contributed by atoms with Gasteiger partial charge in [-0.2, -0.15) is 26.3 Å². The molecule has 0 aliphatic heterocycles. The molecule has 0 aromatic heterocycles. The van der Waals surface area contributed by atoms with Gasteiger partial charge in [-0.25, -0.2) is 0 Å². The maximum Gasteiger partial charge on any atom is 0.411 e. The third-order valence-electron chi connectivity index (χ3n) is 4.33. The molecule has 0 radical (unpaired) electrons. The molecule has 2 aromatic rings. The fraction of sp³-hybridized carbons (Fsp3) is 0.368. The highest BCUT2D eigenvalue weighted by molar-refractivity contribution is 5.46. The van der Waals surface area contributed by atoms with Crippen molar-refractivity contribution in [3.8, 4) is 5.75 Å². The lowest BCUT2D eigenvalue weighted by atomic mass is 9.72. The molecule has 0 aliphatic carbocycles. The van der Waals surface area contributed by atoms with E-state index in [1.807, 2.05) is 20.8 Å². The number of hydrogen-bond donors (Lipinski definition) is 1. The van der Waals surface area contributed by atoms with Gasteiger partial charge in [0.2, 0.25) is 5.41 Å². The van der Waals surface area contributed by atoms with E-state index in [9.17, 15) is 31.4 Å². The number of phenolic OH excluding ortho intramolecular Hbond substituents is 1. The maximum absolute atomic E-state index is 13.9. The quantitative estimate of drug-likeness (QED) is 0.628. The lowest BCUT2D eigenvalue weighted by molar-refractivity contribution is -0.288. The second kappa shape index (κ2) is 6.21. The van der Waals surface area contributed by atoms with Crippen molar-refractivity contribution in [2.24, 2.45) is 0 Å². The number of benzene rings is 2. The Morgan fingerprint density at radius 1 is 0.577 bits per heavy atom. The van der Waals surface area contributed by atoms with Gasteiger partial charge in [0.1, 0.15) is 5.75 Å². The van der Waals surface area contributed by atoms with Crippen LogP contribution in [-0.2, 0) is 10.8 Å². The molecule has 142 valence electrons. The summed E-state index contributed by atoms with van der Waals surface area (Å²) < 4.78 is 83.4. The van der Waals surface area contributed by atoms with Crippen LogP contribution < -0.4 is 0 Å². The molecule has 2 aromatic carbocycles. The Morgan fingerprint density at radius 3 is 1.19 bits per heavy atom. The summed E-state index contributed by atoms with van der Waals surface area (Å²) >= 11 is 0. The summed E-state index contributed by atoms with van der Waals surface area (Å²) in [5, 5.41) is 9.26. The van der Waals surface area contributed by atoms with Crippen molar-refractivity contribution >= 4 is 0 Å². The molecular weight excluding hydrogens is 358 g/mol. The Hall–Kier alpha value is -2.18. The van der Waals surface area contributed by atoms with Crippen LogP contribution in [0.5, 0.6) is 5.75 Å². The van der Waals surface area contributed by atoms with Crippen molar-refractivity contribution < 1.29 is 31.4 Å². The van der Waals surface area contributed by atoms with Gasteiger partial charge >= 0.3 is 12.4 Å². The van der Waals surface area contributed by atoms with E-state index in [4.69, 9.17) is 0 Å². The standard InChI is InChI=1S/C19H18F6O/c1-16(2,3)12-4-6-13(7-5-12)17(18(20,21)22,19(23,24)25)14-8-10-15(26)11-9-14/h4-11,26H,1-3H3. The first-order chi connectivity index (χ1) is 11.7. The molecule has 0 fully saturated rings. The number of hydrogen-bond acceptors (Lipinski definition) is 1. The van der Waals surface area contributed by atoms with Gasteiger partial charge < -0.3 is 5.11 Å². The minimum Gasteiger partial charge on any atom is -0.508 e. The molecule has 0 spiro atoms. The predicted molar refractivity (Wildman–Crippen MR) is 86.1 cm³/mol. The number of rotatable bonds is 2. The first-order valence-electron chi connectivity index (χ1n) is 7.75. The third-order valence-corrected chi connectivity index (χ3v) is 4.33. The van der Waals surface area contributed by atoms with E-state index < -0.39 is 40.1 Å². The highest BCUT2D eigenvalue weighted by Crippen LogP contribution is 2.56. The fourth-order valence-corrected chi connectivity index (χ4v) is 2.91. The topological polar surface area (TPSA) is 20.2 Å². The van der Waals surface area contributed by atoms with Crippen molar-refractivity contribution in [1.82, 2.24) is 0 Å². The second-order valence-corrected chi connectivity index (χ2v) is 7.12. The van der Waals surface area contributed by atoms with Crippen LogP contribution in [0.25, 0.3) is 0 Å². The first-order valence-corrected chi connectivity index (χ1v) is 7.75. The zero-order valence-electron chi connectivity index (χ0n) is 14.3. The van der Waals surface area contributed by atoms with Crippen LogP contribution in [0.3, 0.4) is 0 Å². The molecule has 0 heterocycles. The highest BCUT2D eigenvalue weighted by Gasteiger charge is 2.72. The molecule has 0 saturated heterocycles. The van der Waals surface area contributed by atoms with Gasteiger partial charge in [-0.1, -0.05) is 57.2 Å². The smallest absolute Gasteiger partial charge is 0.411 e. The van der Waals surface area contributed by atoms with Gasteiger partial charge in [-0.15, -0.1) is 0 Å². The molecule has 1 nitrogen and oxygen atoms in total. The van der Waals surface area contributed by atoms with E-state index in [1.165, 1.54) is 12.1 Å². The SMILES string of the molecule is CC(C)(C)c1ccc(C(c2ccc(O)cc2)(C(F)(F)F)C(F)(F)F)cc1. The average molecular weight is 376 g/mol. The molecule has 0 unspecified atom stereocenters. The number of alkyl halides is 6. The molecule has 0 saturated carbocycles. The first kappa shape index (κ1) is 20.1. The average Bonchev–Trinajstić information content (AvgIpc) is 2.46. The van der Waals surface area contributed by atoms with Crippen molar-refractivity contribution in [2.45, 2.75) is 44.0 Å². The monoisotopic (exact) mass is 376 g/mol. The van der Waals surface area contributed by atoms with Crippen molar-refractivity contribution in [3.05, 3.63) is 65.2 Å². The maximum atomic E-state index is 13.9. The normalized spacial score (nSPS) is 13.7. The predicted octanol–water partition coefficient (Wildman–Crippen LogP) is 6.10. The summed E-state index contributed by atoms with van der Waals surface area (Å²) in [5.41, 5.74) is -5.92. The Kier molecular flexibility index (Phi) is 4.81. The molecule has 7 heteroatoms. The minimum absolute atomic E-state index is 0.420. The summed E-state index contributed by atoms with van der Waals surface area (Å²) in [7, 11) is 0. The van der Waals surface area contributed by atoms with Crippen molar-refractivity contribution in [3.63, 3.8) is 0 Å². The Balaban J connectivity index is 2.81. The Morgan fingerprint density at radius 2 is 0.885 bits per heavy atom. The summed E-state index contributed by atoms with van der Waals surface area (Å²) in [6.45, 7) is 5.42. The molecule has 0 amide bonds. The third kappa shape index (κ3) is 3.27. The lowest BCUT2D eigenvalue weighted by Gasteiger charge is -2.38. The van der Waals surface area contributed by atoms with E-state index >= 15 is 0 Å². The molecule has 1 N–H and O–H groups in total. The molecule has 0 bridgehead atoms. The van der Waals surface area contributed by atoms with Gasteiger partial charge in [0.25, 0.3) is 0 Å². The Bertz CT molecular complexity index is 735. The van der Waals surface area contributed by atoms with Crippen molar-refractivity contribution in [2.75, 3.05) is 0 Å². The van der Waals surface area contributed by atoms with Crippen LogP contribution in [-0.4, -0.2) is 17.5 Å². The van der Waals surface area contributed by atoms with Gasteiger partial charge in [0, 0.05) is 0 Å². The molecule has 2 rings (SSSR count). The molecule has 0 aliphatic rings. The van der Waals surface area contributed by atoms with Crippen molar-refractivity contribution in [1.29, 1.82) is 0 Å². The van der Waals surface area contributed by atoms with Crippen LogP contribution in [0, 0.1) is 0 Å². The number of aromatic hydroxyl groups is 1. The van der Waals surface area contributed by atoms with E-state index in [1.54, 1.807) is 0 Å². The molecular formula is C19H18F6O. The van der Waals surface area contributed by atoms with Crippen LogP contribution in [0.1, 0.15) is 37.5 Å². The summed E-state index contributed by atoms with van der Waals surface area (Å²) in [4.78, 5) is 0. The molecule has 26 heavy (non-hydrogen) atoms. The molecule has 0 atom stereocenters. The van der Waals surface area contributed by atoms with E-state index in [2.05, 4.69) is 0 Å². The summed E-state index contributed by atoms with van der Waals surface area (Å²) in [6.07, 6.45) is -11.3. The van der Waals surface area contributed by atoms with Crippen LogP contribution >= 0.6 is 0 Å². The highest BCUT2D eigenvalue weighted by atomic mass is 19.4. The minimum atomic E-state index is -5.63. The van der Waals surface area contributed by atoms with Gasteiger partial charge in [-0.3, -0.25) is 0 Å². The van der Waals surface area contributed by atoms with Gasteiger partial charge in [-0.05, 0) is 34.2 Å². The van der Waals surface area contributed by atoms with Crippen LogP contribution in [0.2, 0.25) is 0 Å². The fourth-order valence-electron chi connectivity index (χ4n) is 2.91. The number of halogens is 6. The largest absolute Gasteiger partial charge is 0.508 e. The second-order valence-electron chi connectivity index (χ2n) is 7.12. The Labute approximate surface area is 147 Å². The number of phenols is 1. The van der Waals surface area contributed by atoms with E-state index in [0.717, 1.165) is 24.3 Å². The lowest BCUT2D eigenvalue weighted by Crippen LogP contribution is -2.54.